The lowest BCUT2D eigenvalue weighted by Gasteiger charge is -2.34. The summed E-state index contributed by atoms with van der Waals surface area (Å²) in [6, 6.07) is 5.40. The van der Waals surface area contributed by atoms with Crippen molar-refractivity contribution in [2.24, 2.45) is 11.8 Å². The Labute approximate surface area is 180 Å². The van der Waals surface area contributed by atoms with Gasteiger partial charge in [-0.3, -0.25) is 9.59 Å². The van der Waals surface area contributed by atoms with Crippen LogP contribution in [0.3, 0.4) is 0 Å². The van der Waals surface area contributed by atoms with Gasteiger partial charge in [-0.1, -0.05) is 52.5 Å². The summed E-state index contributed by atoms with van der Waals surface area (Å²) in [6.07, 6.45) is 0. The Morgan fingerprint density at radius 2 is 1.19 bits per heavy atom. The van der Waals surface area contributed by atoms with Gasteiger partial charge in [-0.2, -0.15) is 0 Å². The Morgan fingerprint density at radius 1 is 0.808 bits per heavy atom. The van der Waals surface area contributed by atoms with Crippen LogP contribution in [0.25, 0.3) is 0 Å². The zero-order valence-electron chi connectivity index (χ0n) is 13.4. The van der Waals surface area contributed by atoms with Crippen LogP contribution in [-0.2, 0) is 9.59 Å². The molecule has 1 saturated carbocycles. The van der Waals surface area contributed by atoms with Gasteiger partial charge in [0.15, 0.2) is 4.33 Å². The topological polar surface area (TPSA) is 37.4 Å². The fraction of sp³-hybridized carbons (Fsp3) is 0.412. The number of imide groups is 1. The van der Waals surface area contributed by atoms with E-state index in [0.29, 0.717) is 5.69 Å². The lowest BCUT2D eigenvalue weighted by Crippen LogP contribution is -2.50. The predicted molar refractivity (Wildman–Crippen MR) is 106 cm³/mol. The van der Waals surface area contributed by atoms with Crippen molar-refractivity contribution in [3.63, 3.8) is 0 Å². The molecule has 1 aliphatic heterocycles. The molecule has 0 radical (unpaired) electrons. The zero-order valence-corrected chi connectivity index (χ0v) is 18.0. The molecule has 0 unspecified atom stereocenters. The predicted octanol–water partition coefficient (Wildman–Crippen LogP) is 5.25. The third-order valence-electron chi connectivity index (χ3n) is 5.37. The van der Waals surface area contributed by atoms with E-state index < -0.39 is 37.7 Å². The van der Waals surface area contributed by atoms with Crippen LogP contribution in [0.5, 0.6) is 0 Å². The number of carbonyl (C=O) groups excluding carboxylic acids is 2. The number of benzene rings is 1. The van der Waals surface area contributed by atoms with E-state index in [1.807, 2.05) is 19.9 Å². The molecule has 4 rings (SSSR count). The average Bonchev–Trinajstić information content (AvgIpc) is 2.91. The maximum Gasteiger partial charge on any atom is 0.240 e. The number of nitrogens with zero attached hydrogens (tertiary/aromatic N) is 1. The monoisotopic (exact) mass is 471 g/mol. The summed E-state index contributed by atoms with van der Waals surface area (Å²) >= 11 is 38.8. The van der Waals surface area contributed by atoms with Crippen molar-refractivity contribution in [3.8, 4) is 0 Å². The highest BCUT2D eigenvalue weighted by atomic mass is 35.5. The molecule has 0 aromatic heterocycles. The molecular formula is C17H11Cl6NO2. The molecule has 0 N–H and O–H groups in total. The molecule has 2 bridgehead atoms. The van der Waals surface area contributed by atoms with E-state index in [1.165, 1.54) is 0 Å². The van der Waals surface area contributed by atoms with Crippen molar-refractivity contribution < 1.29 is 9.59 Å². The molecule has 1 aromatic rings. The largest absolute Gasteiger partial charge is 0.274 e. The van der Waals surface area contributed by atoms with E-state index in [-0.39, 0.29) is 10.1 Å². The highest BCUT2D eigenvalue weighted by Crippen LogP contribution is 2.77. The van der Waals surface area contributed by atoms with Crippen LogP contribution in [-0.4, -0.2) is 25.9 Å². The van der Waals surface area contributed by atoms with Gasteiger partial charge >= 0.3 is 0 Å². The molecule has 1 aromatic carbocycles. The second kappa shape index (κ2) is 5.46. The fourth-order valence-electron chi connectivity index (χ4n) is 4.33. The number of carbonyl (C=O) groups is 2. The molecule has 2 fully saturated rings. The molecular weight excluding hydrogens is 463 g/mol. The number of alkyl halides is 4. The molecule has 1 heterocycles. The Bertz CT molecular complexity index is 862. The summed E-state index contributed by atoms with van der Waals surface area (Å²) in [5.74, 6) is -3.31. The van der Waals surface area contributed by atoms with E-state index in [4.69, 9.17) is 69.6 Å². The van der Waals surface area contributed by atoms with Crippen LogP contribution in [0.4, 0.5) is 5.69 Å². The number of hydrogen-bond donors (Lipinski definition) is 0. The number of hydrogen-bond acceptors (Lipinski definition) is 2. The van der Waals surface area contributed by atoms with Crippen LogP contribution in [0, 0.1) is 25.7 Å². The van der Waals surface area contributed by atoms with Crippen molar-refractivity contribution in [3.05, 3.63) is 39.4 Å². The van der Waals surface area contributed by atoms with Crippen LogP contribution in [0.2, 0.25) is 0 Å². The number of fused-ring (bicyclic) bond motifs is 5. The van der Waals surface area contributed by atoms with Crippen LogP contribution in [0.15, 0.2) is 28.3 Å². The molecule has 9 heteroatoms. The van der Waals surface area contributed by atoms with Gasteiger partial charge in [0.2, 0.25) is 11.8 Å². The number of anilines is 1. The van der Waals surface area contributed by atoms with Crippen molar-refractivity contribution in [2.45, 2.75) is 27.9 Å². The van der Waals surface area contributed by atoms with Gasteiger partial charge < -0.3 is 0 Å². The quantitative estimate of drug-likeness (QED) is 0.412. The van der Waals surface area contributed by atoms with E-state index in [0.717, 1.165) is 16.0 Å². The molecule has 26 heavy (non-hydrogen) atoms. The lowest BCUT2D eigenvalue weighted by molar-refractivity contribution is -0.123. The molecule has 3 aliphatic rings. The Hall–Kier alpha value is -0.160. The number of halogens is 6. The molecule has 1 saturated heterocycles. The first-order valence-electron chi connectivity index (χ1n) is 7.68. The molecule has 3 nitrogen and oxygen atoms in total. The summed E-state index contributed by atoms with van der Waals surface area (Å²) in [6.45, 7) is 3.74. The van der Waals surface area contributed by atoms with E-state index in [1.54, 1.807) is 12.1 Å². The summed E-state index contributed by atoms with van der Waals surface area (Å²) < 4.78 is -1.91. The Balaban J connectivity index is 1.92. The van der Waals surface area contributed by atoms with Crippen LogP contribution in [0.1, 0.15) is 11.1 Å². The summed E-state index contributed by atoms with van der Waals surface area (Å²) in [5, 5.41) is -0.184. The van der Waals surface area contributed by atoms with Gasteiger partial charge in [0, 0.05) is 0 Å². The normalized spacial score (nSPS) is 37.8. The number of allylic oxidation sites excluding steroid dienone is 2. The Kier molecular flexibility index (Phi) is 4.03. The van der Waals surface area contributed by atoms with Gasteiger partial charge in [0.1, 0.15) is 9.75 Å². The van der Waals surface area contributed by atoms with Gasteiger partial charge in [-0.25, -0.2) is 4.90 Å². The minimum atomic E-state index is -1.91. The summed E-state index contributed by atoms with van der Waals surface area (Å²) in [4.78, 5) is 24.0. The van der Waals surface area contributed by atoms with Crippen molar-refractivity contribution >= 4 is 87.1 Å². The first kappa shape index (κ1) is 19.2. The van der Waals surface area contributed by atoms with Gasteiger partial charge in [0.05, 0.1) is 27.6 Å². The lowest BCUT2D eigenvalue weighted by atomic mass is 9.84. The van der Waals surface area contributed by atoms with E-state index in [9.17, 15) is 9.59 Å². The van der Waals surface area contributed by atoms with Crippen molar-refractivity contribution in [1.29, 1.82) is 0 Å². The Morgan fingerprint density at radius 3 is 1.58 bits per heavy atom. The standard InChI is InChI=1S/C17H11Cl6NO2/c1-6-3-7(2)5-8(4-6)24-13(25)9-10(14(24)26)16(21)12(19)11(18)15(9,20)17(16,22)23/h3-5,9-10H,1-2H3/t9-,10-,15-,16-/m0/s1. The third-order valence-corrected chi connectivity index (χ3v) is 9.63. The first-order valence-corrected chi connectivity index (χ1v) is 9.95. The highest BCUT2D eigenvalue weighted by molar-refractivity contribution is 6.67. The van der Waals surface area contributed by atoms with Crippen molar-refractivity contribution in [1.82, 2.24) is 0 Å². The van der Waals surface area contributed by atoms with Gasteiger partial charge in [0.25, 0.3) is 0 Å². The van der Waals surface area contributed by atoms with Crippen molar-refractivity contribution in [2.75, 3.05) is 4.90 Å². The summed E-state index contributed by atoms with van der Waals surface area (Å²) in [7, 11) is 0. The summed E-state index contributed by atoms with van der Waals surface area (Å²) in [5.41, 5.74) is 2.24. The smallest absolute Gasteiger partial charge is 0.240 e. The molecule has 2 amide bonds. The molecule has 2 aliphatic carbocycles. The van der Waals surface area contributed by atoms with E-state index in [2.05, 4.69) is 0 Å². The maximum atomic E-state index is 13.2. The zero-order chi connectivity index (χ0) is 19.4. The minimum absolute atomic E-state index is 0.0921. The van der Waals surface area contributed by atoms with Crippen LogP contribution < -0.4 is 4.90 Å². The molecule has 0 spiro atoms. The maximum absolute atomic E-state index is 13.2. The van der Waals surface area contributed by atoms with Crippen LogP contribution >= 0.6 is 69.6 Å². The average molecular weight is 474 g/mol. The number of aryl methyl sites for hydroxylation is 2. The SMILES string of the molecule is Cc1cc(C)cc(N2C(=O)[C@@H]3[C@@H](C2=O)[C@]2(Cl)C(Cl)=C(Cl)[C@]3(Cl)C2(Cl)Cl)c1. The second-order valence-corrected chi connectivity index (χ2v) is 10.2. The molecule has 4 atom stereocenters. The second-order valence-electron chi connectivity index (χ2n) is 6.94. The third kappa shape index (κ3) is 1.86. The number of rotatable bonds is 1. The van der Waals surface area contributed by atoms with E-state index >= 15 is 0 Å². The number of amides is 2. The molecule has 138 valence electrons. The first-order chi connectivity index (χ1) is 11.9. The highest BCUT2D eigenvalue weighted by Gasteiger charge is 2.87. The van der Waals surface area contributed by atoms with Gasteiger partial charge in [-0.15, -0.1) is 23.2 Å². The fourth-order valence-corrected chi connectivity index (χ4v) is 7.26. The van der Waals surface area contributed by atoms with Gasteiger partial charge in [-0.05, 0) is 37.1 Å². The minimum Gasteiger partial charge on any atom is -0.274 e.